The Morgan fingerprint density at radius 2 is 1.78 bits per heavy atom. The molecule has 1 saturated heterocycles. The average molecular weight is 431 g/mol. The number of nitrogens with one attached hydrogen (secondary N) is 1. The number of nitrogens with zero attached hydrogens (tertiary/aromatic N) is 3. The van der Waals surface area contributed by atoms with Crippen molar-refractivity contribution in [3.63, 3.8) is 0 Å². The first-order valence-electron chi connectivity index (χ1n) is 10.8. The summed E-state index contributed by atoms with van der Waals surface area (Å²) in [5, 5.41) is 9.01. The van der Waals surface area contributed by atoms with E-state index in [2.05, 4.69) is 27.5 Å². The Hall–Kier alpha value is -3.58. The van der Waals surface area contributed by atoms with Gasteiger partial charge in [-0.2, -0.15) is 5.10 Å². The van der Waals surface area contributed by atoms with Crippen LogP contribution in [0.1, 0.15) is 25.5 Å². The van der Waals surface area contributed by atoms with Gasteiger partial charge in [-0.15, -0.1) is 0 Å². The van der Waals surface area contributed by atoms with Crippen LogP contribution < -0.4 is 14.8 Å². The van der Waals surface area contributed by atoms with E-state index in [1.54, 1.807) is 14.2 Å². The molecule has 7 nitrogen and oxygen atoms in total. The summed E-state index contributed by atoms with van der Waals surface area (Å²) in [6.07, 6.45) is 9.15. The third kappa shape index (κ3) is 4.24. The number of methoxy groups -OCH3 is 2. The van der Waals surface area contributed by atoms with Gasteiger partial charge in [0.2, 0.25) is 0 Å². The minimum Gasteiger partial charge on any atom is -0.497 e. The molecule has 7 heteroatoms. The number of hydrogen-bond acceptors (Lipinski definition) is 6. The molecule has 1 atom stereocenters. The normalized spacial score (nSPS) is 16.1. The number of benzene rings is 2. The van der Waals surface area contributed by atoms with Crippen molar-refractivity contribution in [2.45, 2.75) is 25.5 Å². The van der Waals surface area contributed by atoms with Crippen molar-refractivity contribution >= 4 is 22.3 Å². The molecule has 2 aromatic carbocycles. The maximum Gasteiger partial charge on any atom is 0.150 e. The van der Waals surface area contributed by atoms with Gasteiger partial charge in [-0.3, -0.25) is 4.98 Å². The molecule has 1 unspecified atom stereocenters. The zero-order chi connectivity index (χ0) is 21.9. The third-order valence-corrected chi connectivity index (χ3v) is 5.71. The van der Waals surface area contributed by atoms with Crippen LogP contribution in [0.5, 0.6) is 11.5 Å². The Labute approximate surface area is 186 Å². The van der Waals surface area contributed by atoms with E-state index in [9.17, 15) is 0 Å². The van der Waals surface area contributed by atoms with E-state index in [4.69, 9.17) is 14.2 Å². The highest BCUT2D eigenvalue weighted by Crippen LogP contribution is 2.31. The summed E-state index contributed by atoms with van der Waals surface area (Å²) >= 11 is 0. The zero-order valence-electron chi connectivity index (χ0n) is 18.2. The highest BCUT2D eigenvalue weighted by Gasteiger charge is 2.17. The van der Waals surface area contributed by atoms with Crippen LogP contribution in [0.2, 0.25) is 0 Å². The molecule has 164 valence electrons. The van der Waals surface area contributed by atoms with Gasteiger partial charge in [-0.25, -0.2) is 4.68 Å². The number of pyridine rings is 1. The van der Waals surface area contributed by atoms with E-state index >= 15 is 0 Å². The molecule has 4 aromatic rings. The predicted molar refractivity (Wildman–Crippen MR) is 125 cm³/mol. The molecule has 3 heterocycles. The van der Waals surface area contributed by atoms with Crippen LogP contribution in [0.15, 0.2) is 61.1 Å². The Morgan fingerprint density at radius 1 is 0.938 bits per heavy atom. The smallest absolute Gasteiger partial charge is 0.150 e. The number of aromatic nitrogens is 3. The fourth-order valence-electron chi connectivity index (χ4n) is 3.99. The third-order valence-electron chi connectivity index (χ3n) is 5.71. The lowest BCUT2D eigenvalue weighted by Crippen LogP contribution is -2.18. The standard InChI is InChI=1S/C25H26N4O3/c1-30-22-11-21(12-23(13-22)31-2)28-20-6-7-24-17(10-20)9-18(14-26-24)19-15-27-29(16-19)25-5-3-4-8-32-25/h6-7,9-16,25,28H,3-5,8H2,1-2H3. The van der Waals surface area contributed by atoms with Crippen LogP contribution in [0.25, 0.3) is 22.0 Å². The van der Waals surface area contributed by atoms with Crippen LogP contribution in [0.3, 0.4) is 0 Å². The first-order chi connectivity index (χ1) is 15.7. The molecule has 32 heavy (non-hydrogen) atoms. The van der Waals surface area contributed by atoms with E-state index in [-0.39, 0.29) is 6.23 Å². The van der Waals surface area contributed by atoms with Gasteiger partial charge in [0.25, 0.3) is 0 Å². The molecule has 0 bridgehead atoms. The zero-order valence-corrected chi connectivity index (χ0v) is 18.2. The van der Waals surface area contributed by atoms with Crippen LogP contribution in [-0.4, -0.2) is 35.6 Å². The van der Waals surface area contributed by atoms with Gasteiger partial charge in [-0.05, 0) is 43.5 Å². The van der Waals surface area contributed by atoms with Crippen molar-refractivity contribution in [1.29, 1.82) is 0 Å². The highest BCUT2D eigenvalue weighted by atomic mass is 16.5. The lowest BCUT2D eigenvalue weighted by molar-refractivity contribution is -0.0394. The summed E-state index contributed by atoms with van der Waals surface area (Å²) in [5.41, 5.74) is 4.84. The molecule has 0 saturated carbocycles. The second-order valence-corrected chi connectivity index (χ2v) is 7.89. The molecule has 2 aromatic heterocycles. The van der Waals surface area contributed by atoms with Crippen LogP contribution in [-0.2, 0) is 4.74 Å². The molecule has 0 aliphatic carbocycles. The number of rotatable bonds is 6. The molecule has 5 rings (SSSR count). The van der Waals surface area contributed by atoms with Gasteiger partial charge < -0.3 is 19.5 Å². The van der Waals surface area contributed by atoms with E-state index in [0.29, 0.717) is 0 Å². The molecular formula is C25H26N4O3. The van der Waals surface area contributed by atoms with Crippen molar-refractivity contribution in [3.05, 3.63) is 61.1 Å². The largest absolute Gasteiger partial charge is 0.497 e. The Balaban J connectivity index is 1.41. The first kappa shape index (κ1) is 20.3. The summed E-state index contributed by atoms with van der Waals surface area (Å²) in [6.45, 7) is 0.798. The molecule has 1 aliphatic rings. The van der Waals surface area contributed by atoms with Crippen LogP contribution in [0, 0.1) is 0 Å². The van der Waals surface area contributed by atoms with Crippen molar-refractivity contribution in [3.8, 4) is 22.6 Å². The quantitative estimate of drug-likeness (QED) is 0.432. The van der Waals surface area contributed by atoms with Gasteiger partial charge in [0.05, 0.1) is 25.9 Å². The fraction of sp³-hybridized carbons (Fsp3) is 0.280. The Kier molecular flexibility index (Phi) is 5.64. The summed E-state index contributed by atoms with van der Waals surface area (Å²) in [4.78, 5) is 4.65. The minimum atomic E-state index is 0.0292. The Morgan fingerprint density at radius 3 is 2.53 bits per heavy atom. The van der Waals surface area contributed by atoms with Gasteiger partial charge in [0.1, 0.15) is 17.7 Å². The van der Waals surface area contributed by atoms with Crippen molar-refractivity contribution in [2.75, 3.05) is 26.1 Å². The molecule has 1 aliphatic heterocycles. The lowest BCUT2D eigenvalue weighted by atomic mass is 10.1. The summed E-state index contributed by atoms with van der Waals surface area (Å²) in [6, 6.07) is 14.0. The van der Waals surface area contributed by atoms with Crippen molar-refractivity contribution < 1.29 is 14.2 Å². The summed E-state index contributed by atoms with van der Waals surface area (Å²) in [7, 11) is 3.29. The summed E-state index contributed by atoms with van der Waals surface area (Å²) in [5.74, 6) is 1.46. The molecule has 1 fully saturated rings. The summed E-state index contributed by atoms with van der Waals surface area (Å²) < 4.78 is 18.5. The van der Waals surface area contributed by atoms with Gasteiger partial charge >= 0.3 is 0 Å². The lowest BCUT2D eigenvalue weighted by Gasteiger charge is -2.22. The topological polar surface area (TPSA) is 70.4 Å². The Bertz CT molecular complexity index is 1210. The number of anilines is 2. The SMILES string of the molecule is COc1cc(Nc2ccc3ncc(-c4cnn(C5CCCCO5)c4)cc3c2)cc(OC)c1. The minimum absolute atomic E-state index is 0.0292. The number of hydrogen-bond donors (Lipinski definition) is 1. The monoisotopic (exact) mass is 430 g/mol. The van der Waals surface area contributed by atoms with Gasteiger partial charge in [0, 0.05) is 65.1 Å². The predicted octanol–water partition coefficient (Wildman–Crippen LogP) is 5.56. The van der Waals surface area contributed by atoms with Crippen LogP contribution in [0.4, 0.5) is 11.4 Å². The molecule has 0 amide bonds. The number of ether oxygens (including phenoxy) is 3. The fourth-order valence-corrected chi connectivity index (χ4v) is 3.99. The van der Waals surface area contributed by atoms with E-state index < -0.39 is 0 Å². The van der Waals surface area contributed by atoms with E-state index in [0.717, 1.165) is 64.4 Å². The highest BCUT2D eigenvalue weighted by molar-refractivity contribution is 5.87. The van der Waals surface area contributed by atoms with E-state index in [1.807, 2.05) is 53.6 Å². The van der Waals surface area contributed by atoms with Crippen molar-refractivity contribution in [2.24, 2.45) is 0 Å². The molecule has 0 radical (unpaired) electrons. The molecular weight excluding hydrogens is 404 g/mol. The van der Waals surface area contributed by atoms with E-state index in [1.165, 1.54) is 6.42 Å². The molecule has 1 N–H and O–H groups in total. The average Bonchev–Trinajstić information content (AvgIpc) is 3.34. The van der Waals surface area contributed by atoms with Crippen molar-refractivity contribution in [1.82, 2.24) is 14.8 Å². The second kappa shape index (κ2) is 8.88. The second-order valence-electron chi connectivity index (χ2n) is 7.89. The van der Waals surface area contributed by atoms with Crippen LogP contribution >= 0.6 is 0 Å². The maximum absolute atomic E-state index is 5.85. The number of fused-ring (bicyclic) bond motifs is 1. The maximum atomic E-state index is 5.85. The van der Waals surface area contributed by atoms with Gasteiger partial charge in [-0.1, -0.05) is 0 Å². The van der Waals surface area contributed by atoms with Gasteiger partial charge in [0.15, 0.2) is 0 Å². The first-order valence-corrected chi connectivity index (χ1v) is 10.8. The molecule has 0 spiro atoms.